The molecule has 16 aromatic carbocycles. The molecule has 40 bridgehead atoms. The van der Waals surface area contributed by atoms with Crippen molar-refractivity contribution in [3.63, 3.8) is 0 Å². The van der Waals surface area contributed by atoms with Crippen molar-refractivity contribution in [2.24, 2.45) is 0 Å². The number of benzene rings is 16. The standard InChI is InChI=1S/C112H80O16/c1-5-17-65(18-6-1)33-37-89-93-57-95-90(38-34-66-19-7-2-8-20-66)97-59-99-92(40-36-68-23-11-4-12-24-68)100-60-98-91(39-35-67-21-9-3-10-22-67)96-58-94(89)102-62-104(96)124-111-71-44-84-55-86(46-71)118-78-30-16-32-80(52-78)120-88-48-72-47-87(56-88)119-79-31-15-29-77(51-79)117-85-45-70-43-83(54-85)115-75-27-13-25-73(49-75)113-81-41-69(42-82(53-81)114-74-26-14-28-76(50-74)116-84)109(122-102)121-101(93)61-103(95)123-110(70)125-105(97)63-107(99)127-112(72)128-108(100)64-106(98)126-111/h1-32,41-64,89-92,109-112H,33-40H2. The average Bonchev–Trinajstić information content (AvgIpc) is 0.725. The van der Waals surface area contributed by atoms with E-state index in [0.717, 1.165) is 66.8 Å². The highest BCUT2D eigenvalue weighted by atomic mass is 16.7. The van der Waals surface area contributed by atoms with Crippen LogP contribution < -0.4 is 75.8 Å². The Labute approximate surface area is 738 Å². The van der Waals surface area contributed by atoms with Crippen molar-refractivity contribution < 1.29 is 75.8 Å². The summed E-state index contributed by atoms with van der Waals surface area (Å²) in [7, 11) is 0. The quantitative estimate of drug-likeness (QED) is 0.114. The number of hydrogen-bond acceptors (Lipinski definition) is 16. The monoisotopic (exact) mass is 1680 g/mol. The molecule has 1 aliphatic carbocycles. The average molecular weight is 1680 g/mol. The Morgan fingerprint density at radius 2 is 0.312 bits per heavy atom. The van der Waals surface area contributed by atoms with Crippen molar-refractivity contribution in [1.29, 1.82) is 0 Å². The van der Waals surface area contributed by atoms with E-state index in [1.165, 1.54) is 0 Å². The van der Waals surface area contributed by atoms with E-state index in [1.54, 1.807) is 0 Å². The first-order valence-electron chi connectivity index (χ1n) is 43.8. The van der Waals surface area contributed by atoms with E-state index < -0.39 is 48.8 Å². The Bertz CT molecular complexity index is 5950. The lowest BCUT2D eigenvalue weighted by molar-refractivity contribution is -0.0123. The maximum Gasteiger partial charge on any atom is 0.267 e. The summed E-state index contributed by atoms with van der Waals surface area (Å²) in [6.07, 6.45) is -0.186. The molecule has 0 atom stereocenters. The third kappa shape index (κ3) is 14.6. The Hall–Kier alpha value is -15.7. The van der Waals surface area contributed by atoms with Crippen LogP contribution in [0.25, 0.3) is 0 Å². The van der Waals surface area contributed by atoms with Crippen LogP contribution in [-0.4, -0.2) is 0 Å². The summed E-state index contributed by atoms with van der Waals surface area (Å²) in [5, 5.41) is 0. The number of hydrogen-bond donors (Lipinski definition) is 0. The van der Waals surface area contributed by atoms with E-state index in [4.69, 9.17) is 75.8 Å². The molecule has 9 aliphatic rings. The van der Waals surface area contributed by atoms with Gasteiger partial charge in [0.25, 0.3) is 25.2 Å². The molecule has 0 unspecified atom stereocenters. The third-order valence-corrected chi connectivity index (χ3v) is 25.5. The van der Waals surface area contributed by atoms with Gasteiger partial charge in [0.15, 0.2) is 0 Å². The Morgan fingerprint density at radius 3 is 0.484 bits per heavy atom. The maximum atomic E-state index is 8.01. The molecule has 0 N–H and O–H groups in total. The van der Waals surface area contributed by atoms with Crippen LogP contribution in [0.3, 0.4) is 0 Å². The summed E-state index contributed by atoms with van der Waals surface area (Å²) < 4.78 is 121. The van der Waals surface area contributed by atoms with Gasteiger partial charge in [-0.1, -0.05) is 146 Å². The fourth-order valence-corrected chi connectivity index (χ4v) is 19.6. The van der Waals surface area contributed by atoms with Crippen molar-refractivity contribution in [2.75, 3.05) is 0 Å². The predicted molar refractivity (Wildman–Crippen MR) is 480 cm³/mol. The zero-order valence-electron chi connectivity index (χ0n) is 69.1. The summed E-state index contributed by atoms with van der Waals surface area (Å²) >= 11 is 0. The van der Waals surface area contributed by atoms with E-state index in [1.807, 2.05) is 170 Å². The molecule has 0 saturated heterocycles. The molecule has 25 rings (SSSR count). The van der Waals surface area contributed by atoms with Crippen LogP contribution in [0.5, 0.6) is 138 Å². The number of rotatable bonds is 12. The Balaban J connectivity index is 0.865. The molecule has 0 amide bonds. The van der Waals surface area contributed by atoms with Gasteiger partial charge in [0.05, 0.1) is 0 Å². The number of aryl methyl sites for hydroxylation is 4. The fraction of sp³-hybridized carbons (Fsp3) is 0.143. The van der Waals surface area contributed by atoms with Gasteiger partial charge in [0.1, 0.15) is 138 Å². The molecule has 16 aromatic rings. The Morgan fingerprint density at radius 1 is 0.148 bits per heavy atom. The van der Waals surface area contributed by atoms with Crippen molar-refractivity contribution >= 4 is 0 Å². The lowest BCUT2D eigenvalue weighted by Gasteiger charge is -2.38. The van der Waals surface area contributed by atoms with Gasteiger partial charge in [0.2, 0.25) is 0 Å². The van der Waals surface area contributed by atoms with Gasteiger partial charge in [0, 0.05) is 163 Å². The molecule has 0 fully saturated rings. The lowest BCUT2D eigenvalue weighted by atomic mass is 9.75. The maximum absolute atomic E-state index is 8.01. The molecule has 16 heteroatoms. The second kappa shape index (κ2) is 31.2. The first kappa shape index (κ1) is 74.9. The van der Waals surface area contributed by atoms with Crippen LogP contribution in [0.4, 0.5) is 0 Å². The molecule has 0 spiro atoms. The van der Waals surface area contributed by atoms with Crippen molar-refractivity contribution in [2.45, 2.75) is 100 Å². The Kier molecular flexibility index (Phi) is 18.3. The van der Waals surface area contributed by atoms with E-state index in [0.29, 0.717) is 212 Å². The highest BCUT2D eigenvalue weighted by Gasteiger charge is 2.43. The number of fused-ring (bicyclic) bond motifs is 16. The van der Waals surface area contributed by atoms with Crippen molar-refractivity contribution in [3.05, 3.63) is 429 Å². The smallest absolute Gasteiger partial charge is 0.267 e. The van der Waals surface area contributed by atoms with Gasteiger partial charge < -0.3 is 75.8 Å². The van der Waals surface area contributed by atoms with Crippen molar-refractivity contribution in [3.8, 4) is 138 Å². The van der Waals surface area contributed by atoms with Crippen molar-refractivity contribution in [1.82, 2.24) is 0 Å². The first-order valence-corrected chi connectivity index (χ1v) is 43.8. The van der Waals surface area contributed by atoms with Crippen LogP contribution >= 0.6 is 0 Å². The molecule has 8 aliphatic heterocycles. The van der Waals surface area contributed by atoms with E-state index >= 15 is 0 Å². The van der Waals surface area contributed by atoms with Crippen LogP contribution in [0, 0.1) is 0 Å². The van der Waals surface area contributed by atoms with E-state index in [-0.39, 0.29) is 0 Å². The minimum absolute atomic E-state index is 0.395. The molecule has 16 nitrogen and oxygen atoms in total. The lowest BCUT2D eigenvalue weighted by Crippen LogP contribution is -2.26. The molecule has 0 aromatic heterocycles. The van der Waals surface area contributed by atoms with Crippen LogP contribution in [0.15, 0.2) is 340 Å². The second-order valence-electron chi connectivity index (χ2n) is 34.0. The van der Waals surface area contributed by atoms with E-state index in [9.17, 15) is 0 Å². The minimum Gasteiger partial charge on any atom is -0.457 e. The van der Waals surface area contributed by atoms with Crippen LogP contribution in [-0.2, 0) is 25.7 Å². The summed E-state index contributed by atoms with van der Waals surface area (Å²) in [5.74, 6) is 8.78. The summed E-state index contributed by atoms with van der Waals surface area (Å²) in [4.78, 5) is 0. The van der Waals surface area contributed by atoms with Gasteiger partial charge in [-0.15, -0.1) is 0 Å². The normalized spacial score (nSPS) is 18.6. The van der Waals surface area contributed by atoms with Gasteiger partial charge in [-0.3, -0.25) is 0 Å². The van der Waals surface area contributed by atoms with Gasteiger partial charge in [-0.25, -0.2) is 0 Å². The molecular weight excluding hydrogens is 1600 g/mol. The molecular formula is C112H80O16. The van der Waals surface area contributed by atoms with E-state index in [2.05, 4.69) is 170 Å². The zero-order chi connectivity index (χ0) is 84.3. The molecule has 0 radical (unpaired) electrons. The first-order chi connectivity index (χ1) is 63.1. The highest BCUT2D eigenvalue weighted by Crippen LogP contribution is 2.60. The number of ether oxygens (including phenoxy) is 16. The molecule has 8 heterocycles. The van der Waals surface area contributed by atoms with Gasteiger partial charge in [-0.2, -0.15) is 0 Å². The summed E-state index contributed by atoms with van der Waals surface area (Å²) in [5.41, 5.74) is 14.0. The molecule has 624 valence electrons. The summed E-state index contributed by atoms with van der Waals surface area (Å²) in [6, 6.07) is 114. The minimum atomic E-state index is -1.28. The topological polar surface area (TPSA) is 148 Å². The largest absolute Gasteiger partial charge is 0.457 e. The fourth-order valence-electron chi connectivity index (χ4n) is 19.6. The van der Waals surface area contributed by atoms with Gasteiger partial charge >= 0.3 is 0 Å². The predicted octanol–water partition coefficient (Wildman–Crippen LogP) is 28.5. The zero-order valence-corrected chi connectivity index (χ0v) is 69.1. The van der Waals surface area contributed by atoms with Crippen LogP contribution in [0.1, 0.15) is 164 Å². The molecule has 128 heavy (non-hydrogen) atoms. The second-order valence-corrected chi connectivity index (χ2v) is 34.0. The molecule has 0 saturated carbocycles. The summed E-state index contributed by atoms with van der Waals surface area (Å²) in [6.45, 7) is 0. The van der Waals surface area contributed by atoms with Gasteiger partial charge in [-0.05, 0) is 195 Å². The SMILES string of the molecule is c1ccc(CCC2c3cc4c5cc3OC3Oc6cc7c(cc62)C(CCc2ccccc2)c2cc6c8cc2OC(O7)c2cc7cc(c2)Oc2cccc(c2)Oc2cc9cc(c2)C(Oc2cc(c(cc2C6CCc2ccccc2)C4CCc2ccccc2)OC(O5)c2cc(cc(c2)Oc2cccc(c2)O9)Oc2cccc(c2)Oc2cc(cc3c2)Oc2cccc(c2)O7)O8)cc1. The van der Waals surface area contributed by atoms with Crippen LogP contribution in [0.2, 0.25) is 0 Å². The highest BCUT2D eigenvalue weighted by molar-refractivity contribution is 5.67. The third-order valence-electron chi connectivity index (χ3n) is 25.5.